The molecule has 0 bridgehead atoms. The standard InChI is InChI=1S/C8H10N6/c1-2-9-5-12-8(1)11-3-4-14-7-10-6-13-14/h1-2,5-7H,3-4H2,(H,9,11,12). The van der Waals surface area contributed by atoms with Gasteiger partial charge < -0.3 is 5.32 Å². The van der Waals surface area contributed by atoms with Gasteiger partial charge in [0.1, 0.15) is 24.8 Å². The van der Waals surface area contributed by atoms with Gasteiger partial charge in [-0.2, -0.15) is 5.10 Å². The molecule has 0 saturated carbocycles. The number of anilines is 1. The summed E-state index contributed by atoms with van der Waals surface area (Å²) in [4.78, 5) is 11.7. The van der Waals surface area contributed by atoms with Gasteiger partial charge >= 0.3 is 0 Å². The fourth-order valence-electron chi connectivity index (χ4n) is 1.04. The Labute approximate surface area is 81.0 Å². The van der Waals surface area contributed by atoms with Crippen LogP contribution in [0.25, 0.3) is 0 Å². The van der Waals surface area contributed by atoms with Crippen LogP contribution in [0.2, 0.25) is 0 Å². The van der Waals surface area contributed by atoms with Gasteiger partial charge in [0.05, 0.1) is 6.54 Å². The summed E-state index contributed by atoms with van der Waals surface area (Å²) >= 11 is 0. The average Bonchev–Trinajstić information content (AvgIpc) is 2.72. The summed E-state index contributed by atoms with van der Waals surface area (Å²) in [7, 11) is 0. The van der Waals surface area contributed by atoms with Gasteiger partial charge in [-0.1, -0.05) is 0 Å². The van der Waals surface area contributed by atoms with Crippen LogP contribution in [0.1, 0.15) is 0 Å². The minimum atomic E-state index is 0.764. The van der Waals surface area contributed by atoms with Crippen LogP contribution in [-0.2, 0) is 6.54 Å². The van der Waals surface area contributed by atoms with Crippen LogP contribution in [0.5, 0.6) is 0 Å². The molecule has 2 aromatic heterocycles. The highest BCUT2D eigenvalue weighted by atomic mass is 15.3. The Hall–Kier alpha value is -1.98. The maximum atomic E-state index is 4.03. The van der Waals surface area contributed by atoms with E-state index in [2.05, 4.69) is 25.4 Å². The lowest BCUT2D eigenvalue weighted by Crippen LogP contribution is -2.11. The molecule has 2 aromatic rings. The Morgan fingerprint density at radius 1 is 1.29 bits per heavy atom. The quantitative estimate of drug-likeness (QED) is 0.744. The number of nitrogens with one attached hydrogen (secondary N) is 1. The van der Waals surface area contributed by atoms with Crippen LogP contribution in [0.15, 0.2) is 31.2 Å². The maximum absolute atomic E-state index is 4.03. The van der Waals surface area contributed by atoms with Crippen molar-refractivity contribution in [2.45, 2.75) is 6.54 Å². The molecule has 0 aliphatic heterocycles. The normalized spacial score (nSPS) is 10.0. The maximum Gasteiger partial charge on any atom is 0.137 e. The van der Waals surface area contributed by atoms with Crippen molar-refractivity contribution < 1.29 is 0 Å². The molecule has 0 amide bonds. The molecule has 0 unspecified atom stereocenters. The molecule has 72 valence electrons. The van der Waals surface area contributed by atoms with Gasteiger partial charge in [0.25, 0.3) is 0 Å². The van der Waals surface area contributed by atoms with Gasteiger partial charge in [-0.05, 0) is 6.07 Å². The molecule has 2 rings (SSSR count). The molecule has 0 aliphatic carbocycles. The third-order valence-electron chi connectivity index (χ3n) is 1.70. The van der Waals surface area contributed by atoms with Crippen LogP contribution in [0.4, 0.5) is 5.82 Å². The second kappa shape index (κ2) is 4.31. The fourth-order valence-corrected chi connectivity index (χ4v) is 1.04. The van der Waals surface area contributed by atoms with Crippen molar-refractivity contribution in [3.63, 3.8) is 0 Å². The van der Waals surface area contributed by atoms with E-state index < -0.39 is 0 Å². The summed E-state index contributed by atoms with van der Waals surface area (Å²) in [5.41, 5.74) is 0. The van der Waals surface area contributed by atoms with Crippen molar-refractivity contribution in [1.29, 1.82) is 0 Å². The van der Waals surface area contributed by atoms with Crippen molar-refractivity contribution in [2.24, 2.45) is 0 Å². The first-order chi connectivity index (χ1) is 6.95. The van der Waals surface area contributed by atoms with Crippen molar-refractivity contribution in [3.05, 3.63) is 31.2 Å². The zero-order valence-corrected chi connectivity index (χ0v) is 7.54. The van der Waals surface area contributed by atoms with Gasteiger partial charge in [-0.25, -0.2) is 15.0 Å². The lowest BCUT2D eigenvalue weighted by molar-refractivity contribution is 0.635. The monoisotopic (exact) mass is 190 g/mol. The van der Waals surface area contributed by atoms with E-state index >= 15 is 0 Å². The number of rotatable bonds is 4. The molecule has 0 atom stereocenters. The van der Waals surface area contributed by atoms with Crippen LogP contribution >= 0.6 is 0 Å². The Morgan fingerprint density at radius 3 is 3.00 bits per heavy atom. The molecule has 1 N–H and O–H groups in total. The highest BCUT2D eigenvalue weighted by molar-refractivity contribution is 5.30. The van der Waals surface area contributed by atoms with E-state index in [0.29, 0.717) is 0 Å². The molecule has 14 heavy (non-hydrogen) atoms. The average molecular weight is 190 g/mol. The van der Waals surface area contributed by atoms with Gasteiger partial charge in [0.2, 0.25) is 0 Å². The summed E-state index contributed by atoms with van der Waals surface area (Å²) in [6, 6.07) is 1.82. The molecule has 0 spiro atoms. The Balaban J connectivity index is 1.79. The summed E-state index contributed by atoms with van der Waals surface area (Å²) in [6.07, 6.45) is 6.41. The topological polar surface area (TPSA) is 68.5 Å². The third kappa shape index (κ3) is 2.25. The molecule has 0 saturated heterocycles. The number of aromatic nitrogens is 5. The molecule has 0 aliphatic rings. The molecule has 6 nitrogen and oxygen atoms in total. The second-order valence-electron chi connectivity index (χ2n) is 2.68. The van der Waals surface area contributed by atoms with Gasteiger partial charge in [-0.15, -0.1) is 0 Å². The predicted molar refractivity (Wildman–Crippen MR) is 50.5 cm³/mol. The second-order valence-corrected chi connectivity index (χ2v) is 2.68. The van der Waals surface area contributed by atoms with Crippen LogP contribution in [0, 0.1) is 0 Å². The minimum Gasteiger partial charge on any atom is -0.368 e. The van der Waals surface area contributed by atoms with Crippen molar-refractivity contribution in [2.75, 3.05) is 11.9 Å². The lowest BCUT2D eigenvalue weighted by atomic mass is 10.5. The first-order valence-corrected chi connectivity index (χ1v) is 4.27. The predicted octanol–water partition coefficient (Wildman–Crippen LogP) is 0.180. The Kier molecular flexibility index (Phi) is 2.65. The van der Waals surface area contributed by atoms with Gasteiger partial charge in [0.15, 0.2) is 0 Å². The minimum absolute atomic E-state index is 0.764. The summed E-state index contributed by atoms with van der Waals surface area (Å²) in [5, 5.41) is 7.12. The first kappa shape index (κ1) is 8.61. The molecule has 6 heteroatoms. The SMILES string of the molecule is c1cc(NCCn2cncn2)ncn1. The highest BCUT2D eigenvalue weighted by Gasteiger charge is 1.92. The zero-order valence-electron chi connectivity index (χ0n) is 7.54. The van der Waals surface area contributed by atoms with Crippen LogP contribution in [0.3, 0.4) is 0 Å². The number of nitrogens with zero attached hydrogens (tertiary/aromatic N) is 5. The van der Waals surface area contributed by atoms with Crippen LogP contribution in [-0.4, -0.2) is 31.3 Å². The molecule has 2 heterocycles. The van der Waals surface area contributed by atoms with Gasteiger partial charge in [0, 0.05) is 12.7 Å². The fraction of sp³-hybridized carbons (Fsp3) is 0.250. The smallest absolute Gasteiger partial charge is 0.137 e. The Bertz CT molecular complexity index is 357. The highest BCUT2D eigenvalue weighted by Crippen LogP contribution is 1.96. The Morgan fingerprint density at radius 2 is 2.29 bits per heavy atom. The molecule has 0 radical (unpaired) electrons. The van der Waals surface area contributed by atoms with E-state index in [1.165, 1.54) is 12.7 Å². The van der Waals surface area contributed by atoms with Crippen molar-refractivity contribution in [3.8, 4) is 0 Å². The van der Waals surface area contributed by atoms with E-state index in [1.807, 2.05) is 6.07 Å². The van der Waals surface area contributed by atoms with Crippen molar-refractivity contribution in [1.82, 2.24) is 24.7 Å². The van der Waals surface area contributed by atoms with E-state index in [9.17, 15) is 0 Å². The number of hydrogen-bond acceptors (Lipinski definition) is 5. The van der Waals surface area contributed by atoms with Gasteiger partial charge in [-0.3, -0.25) is 4.68 Å². The molecular formula is C8H10N6. The van der Waals surface area contributed by atoms with E-state index in [-0.39, 0.29) is 0 Å². The van der Waals surface area contributed by atoms with Crippen molar-refractivity contribution >= 4 is 5.82 Å². The summed E-state index contributed by atoms with van der Waals surface area (Å²) in [5.74, 6) is 0.820. The lowest BCUT2D eigenvalue weighted by Gasteiger charge is -2.03. The molecule has 0 aromatic carbocycles. The van der Waals surface area contributed by atoms with E-state index in [4.69, 9.17) is 0 Å². The number of hydrogen-bond donors (Lipinski definition) is 1. The third-order valence-corrected chi connectivity index (χ3v) is 1.70. The van der Waals surface area contributed by atoms with E-state index in [1.54, 1.807) is 17.2 Å². The molecule has 0 fully saturated rings. The zero-order chi connectivity index (χ0) is 9.64. The summed E-state index contributed by atoms with van der Waals surface area (Å²) in [6.45, 7) is 1.53. The largest absolute Gasteiger partial charge is 0.368 e. The molecular weight excluding hydrogens is 180 g/mol. The summed E-state index contributed by atoms with van der Waals surface area (Å²) < 4.78 is 1.76. The van der Waals surface area contributed by atoms with E-state index in [0.717, 1.165) is 18.9 Å². The van der Waals surface area contributed by atoms with Crippen LogP contribution < -0.4 is 5.32 Å². The first-order valence-electron chi connectivity index (χ1n) is 4.27.